The maximum Gasteiger partial charge on any atom is 0.252 e. The molecule has 0 saturated heterocycles. The molecule has 0 unspecified atom stereocenters. The number of halogens is 1. The molecule has 8 nitrogen and oxygen atoms in total. The number of aryl methyl sites for hydroxylation is 1. The van der Waals surface area contributed by atoms with Crippen molar-refractivity contribution in [3.8, 4) is 17.1 Å². The molecule has 9 heteroatoms. The van der Waals surface area contributed by atoms with Gasteiger partial charge in [0.15, 0.2) is 0 Å². The highest BCUT2D eigenvalue weighted by atomic mass is 35.5. The number of carbonyl (C=O) groups is 2. The summed E-state index contributed by atoms with van der Waals surface area (Å²) in [5.74, 6) is 0.947. The highest BCUT2D eigenvalue weighted by molar-refractivity contribution is 6.34. The van der Waals surface area contributed by atoms with E-state index in [0.29, 0.717) is 22.4 Å². The number of nitrogens with zero attached hydrogens (tertiary/aromatic N) is 2. The van der Waals surface area contributed by atoms with Crippen molar-refractivity contribution in [2.45, 2.75) is 12.8 Å². The average molecular weight is 415 g/mol. The average Bonchev–Trinajstić information content (AvgIpc) is 3.22. The minimum absolute atomic E-state index is 0.141. The molecule has 2 aromatic carbocycles. The highest BCUT2D eigenvalue weighted by Gasteiger charge is 2.13. The smallest absolute Gasteiger partial charge is 0.252 e. The molecule has 29 heavy (non-hydrogen) atoms. The van der Waals surface area contributed by atoms with Crippen LogP contribution in [0.1, 0.15) is 22.7 Å². The van der Waals surface area contributed by atoms with Crippen molar-refractivity contribution >= 4 is 29.1 Å². The lowest BCUT2D eigenvalue weighted by atomic mass is 10.1. The predicted octanol–water partition coefficient (Wildman–Crippen LogP) is 3.33. The Hall–Kier alpha value is -3.39. The van der Waals surface area contributed by atoms with Crippen LogP contribution in [0.15, 0.2) is 47.0 Å². The normalized spacial score (nSPS) is 10.4. The van der Waals surface area contributed by atoms with Gasteiger partial charge in [0.25, 0.3) is 5.91 Å². The van der Waals surface area contributed by atoms with E-state index >= 15 is 0 Å². The number of amides is 2. The first-order valence-corrected chi connectivity index (χ1v) is 9.16. The molecule has 0 aliphatic heterocycles. The Bertz CT molecular complexity index is 1020. The third kappa shape index (κ3) is 5.11. The van der Waals surface area contributed by atoms with Gasteiger partial charge in [-0.15, -0.1) is 0 Å². The number of hydrogen-bond donors (Lipinski definition) is 2. The van der Waals surface area contributed by atoms with Crippen molar-refractivity contribution in [1.29, 1.82) is 0 Å². The van der Waals surface area contributed by atoms with E-state index in [1.54, 1.807) is 31.4 Å². The fraction of sp³-hybridized carbons (Fsp3) is 0.200. The highest BCUT2D eigenvalue weighted by Crippen LogP contribution is 2.22. The lowest BCUT2D eigenvalue weighted by molar-refractivity contribution is -0.116. The molecule has 0 radical (unpaired) electrons. The minimum atomic E-state index is -0.331. The first-order chi connectivity index (χ1) is 14.0. The number of rotatable bonds is 7. The zero-order valence-corrected chi connectivity index (χ0v) is 16.6. The molecule has 3 rings (SSSR count). The van der Waals surface area contributed by atoms with E-state index in [1.165, 1.54) is 13.1 Å². The Balaban J connectivity index is 1.58. The molecule has 0 saturated carbocycles. The maximum atomic E-state index is 12.2. The molecule has 2 N–H and O–H groups in total. The third-order valence-electron chi connectivity index (χ3n) is 4.10. The SMILES string of the molecule is CNC(=O)c1cc(NC(=O)CCc2nc(-c3ccc(OC)cc3)no2)ccc1Cl. The summed E-state index contributed by atoms with van der Waals surface area (Å²) in [5.41, 5.74) is 1.54. The van der Waals surface area contributed by atoms with E-state index in [-0.39, 0.29) is 30.2 Å². The van der Waals surface area contributed by atoms with Gasteiger partial charge >= 0.3 is 0 Å². The second-order valence-electron chi connectivity index (χ2n) is 6.06. The number of methoxy groups -OCH3 is 1. The molecule has 1 aromatic heterocycles. The molecule has 0 fully saturated rings. The topological polar surface area (TPSA) is 106 Å². The summed E-state index contributed by atoms with van der Waals surface area (Å²) in [6.07, 6.45) is 0.424. The Morgan fingerprint density at radius 2 is 1.93 bits per heavy atom. The van der Waals surface area contributed by atoms with E-state index in [1.807, 2.05) is 12.1 Å². The minimum Gasteiger partial charge on any atom is -0.497 e. The van der Waals surface area contributed by atoms with Crippen LogP contribution in [0.25, 0.3) is 11.4 Å². The van der Waals surface area contributed by atoms with Crippen LogP contribution >= 0.6 is 11.6 Å². The summed E-state index contributed by atoms with van der Waals surface area (Å²) in [6.45, 7) is 0. The quantitative estimate of drug-likeness (QED) is 0.614. The Morgan fingerprint density at radius 3 is 2.62 bits per heavy atom. The standard InChI is InChI=1S/C20H19ClN4O4/c1-22-20(27)15-11-13(5-8-16(15)21)23-17(26)9-10-18-24-19(25-29-18)12-3-6-14(28-2)7-4-12/h3-8,11H,9-10H2,1-2H3,(H,22,27)(H,23,26). The number of ether oxygens (including phenoxy) is 1. The van der Waals surface area contributed by atoms with Crippen molar-refractivity contribution < 1.29 is 18.8 Å². The van der Waals surface area contributed by atoms with Crippen LogP contribution in [0.2, 0.25) is 5.02 Å². The first-order valence-electron chi connectivity index (χ1n) is 8.78. The summed E-state index contributed by atoms with van der Waals surface area (Å²) < 4.78 is 10.3. The molecule has 3 aromatic rings. The molecular weight excluding hydrogens is 396 g/mol. The van der Waals surface area contributed by atoms with Gasteiger partial charge < -0.3 is 19.9 Å². The second kappa shape index (κ2) is 9.20. The molecule has 1 heterocycles. The van der Waals surface area contributed by atoms with Crippen LogP contribution in [0.3, 0.4) is 0 Å². The molecule has 0 atom stereocenters. The van der Waals surface area contributed by atoms with E-state index in [2.05, 4.69) is 20.8 Å². The predicted molar refractivity (Wildman–Crippen MR) is 108 cm³/mol. The van der Waals surface area contributed by atoms with Crippen LogP contribution in [-0.4, -0.2) is 36.1 Å². The summed E-state index contributed by atoms with van der Waals surface area (Å²) in [6, 6.07) is 12.0. The van der Waals surface area contributed by atoms with Crippen molar-refractivity contribution in [2.24, 2.45) is 0 Å². The van der Waals surface area contributed by atoms with Gasteiger partial charge in [-0.25, -0.2) is 0 Å². The van der Waals surface area contributed by atoms with Crippen LogP contribution in [0.4, 0.5) is 5.69 Å². The summed E-state index contributed by atoms with van der Waals surface area (Å²) >= 11 is 6.01. The van der Waals surface area contributed by atoms with E-state index in [4.69, 9.17) is 20.9 Å². The fourth-order valence-corrected chi connectivity index (χ4v) is 2.77. The number of carbonyl (C=O) groups excluding carboxylic acids is 2. The van der Waals surface area contributed by atoms with Crippen LogP contribution < -0.4 is 15.4 Å². The van der Waals surface area contributed by atoms with Crippen LogP contribution in [0.5, 0.6) is 5.75 Å². The molecular formula is C20H19ClN4O4. The Kier molecular flexibility index (Phi) is 6.46. The number of nitrogens with one attached hydrogen (secondary N) is 2. The fourth-order valence-electron chi connectivity index (χ4n) is 2.57. The lowest BCUT2D eigenvalue weighted by Gasteiger charge is -2.08. The maximum absolute atomic E-state index is 12.2. The Morgan fingerprint density at radius 1 is 1.17 bits per heavy atom. The zero-order valence-electron chi connectivity index (χ0n) is 15.9. The van der Waals surface area contributed by atoms with Gasteiger partial charge in [-0.3, -0.25) is 9.59 Å². The number of anilines is 1. The number of benzene rings is 2. The monoisotopic (exact) mass is 414 g/mol. The lowest BCUT2D eigenvalue weighted by Crippen LogP contribution is -2.19. The van der Waals surface area contributed by atoms with E-state index in [0.717, 1.165) is 11.3 Å². The molecule has 0 spiro atoms. The summed E-state index contributed by atoms with van der Waals surface area (Å²) in [4.78, 5) is 28.3. The summed E-state index contributed by atoms with van der Waals surface area (Å²) in [5, 5.41) is 9.47. The van der Waals surface area contributed by atoms with Crippen molar-refractivity contribution in [2.75, 3.05) is 19.5 Å². The van der Waals surface area contributed by atoms with E-state index < -0.39 is 0 Å². The number of hydrogen-bond acceptors (Lipinski definition) is 6. The van der Waals surface area contributed by atoms with Crippen LogP contribution in [0, 0.1) is 0 Å². The van der Waals surface area contributed by atoms with Gasteiger partial charge in [0.05, 0.1) is 17.7 Å². The van der Waals surface area contributed by atoms with E-state index in [9.17, 15) is 9.59 Å². The molecule has 2 amide bonds. The third-order valence-corrected chi connectivity index (χ3v) is 4.43. The van der Waals surface area contributed by atoms with Crippen molar-refractivity contribution in [3.63, 3.8) is 0 Å². The van der Waals surface area contributed by atoms with Crippen LogP contribution in [-0.2, 0) is 11.2 Å². The van der Waals surface area contributed by atoms with Gasteiger partial charge in [-0.05, 0) is 42.5 Å². The van der Waals surface area contributed by atoms with Gasteiger partial charge in [0, 0.05) is 31.1 Å². The first kappa shape index (κ1) is 20.3. The second-order valence-corrected chi connectivity index (χ2v) is 6.47. The van der Waals surface area contributed by atoms with Crippen molar-refractivity contribution in [1.82, 2.24) is 15.5 Å². The molecule has 0 aliphatic rings. The number of aromatic nitrogens is 2. The van der Waals surface area contributed by atoms with Gasteiger partial charge in [-0.1, -0.05) is 16.8 Å². The largest absolute Gasteiger partial charge is 0.497 e. The summed E-state index contributed by atoms with van der Waals surface area (Å²) in [7, 11) is 3.10. The van der Waals surface area contributed by atoms with Gasteiger partial charge in [0.1, 0.15) is 5.75 Å². The Labute approximate surface area is 172 Å². The van der Waals surface area contributed by atoms with Gasteiger partial charge in [-0.2, -0.15) is 4.98 Å². The molecule has 0 aliphatic carbocycles. The van der Waals surface area contributed by atoms with Gasteiger partial charge in [0.2, 0.25) is 17.6 Å². The van der Waals surface area contributed by atoms with Crippen molar-refractivity contribution in [3.05, 3.63) is 58.9 Å². The zero-order chi connectivity index (χ0) is 20.8. The molecule has 150 valence electrons. The molecule has 0 bridgehead atoms.